The van der Waals surface area contributed by atoms with Crippen molar-refractivity contribution in [3.63, 3.8) is 0 Å². The maximum absolute atomic E-state index is 12.4. The van der Waals surface area contributed by atoms with Crippen molar-refractivity contribution in [2.45, 2.75) is 25.4 Å². The van der Waals surface area contributed by atoms with Crippen LogP contribution in [0.4, 0.5) is 0 Å². The summed E-state index contributed by atoms with van der Waals surface area (Å²) in [6.07, 6.45) is 2.42. The number of rotatable bonds is 5. The highest BCUT2D eigenvalue weighted by molar-refractivity contribution is 7.09. The molecule has 5 heteroatoms. The van der Waals surface area contributed by atoms with Gasteiger partial charge in [-0.15, -0.1) is 17.9 Å². The lowest BCUT2D eigenvalue weighted by Gasteiger charge is -2.16. The van der Waals surface area contributed by atoms with Crippen molar-refractivity contribution in [2.75, 3.05) is 6.54 Å². The van der Waals surface area contributed by atoms with E-state index in [0.29, 0.717) is 19.5 Å². The van der Waals surface area contributed by atoms with Gasteiger partial charge in [-0.2, -0.15) is 0 Å². The second-order valence-corrected chi connectivity index (χ2v) is 7.14. The minimum atomic E-state index is 0.143. The maximum atomic E-state index is 12.4. The van der Waals surface area contributed by atoms with Gasteiger partial charge in [0, 0.05) is 30.3 Å². The maximum Gasteiger partial charge on any atom is 0.223 e. The molecule has 1 aromatic carbocycles. The zero-order valence-corrected chi connectivity index (χ0v) is 14.2. The van der Waals surface area contributed by atoms with E-state index >= 15 is 0 Å². The molecule has 0 unspecified atom stereocenters. The zero-order chi connectivity index (χ0) is 16.5. The second kappa shape index (κ2) is 6.24. The van der Waals surface area contributed by atoms with Crippen LogP contribution >= 0.6 is 11.3 Å². The van der Waals surface area contributed by atoms with Crippen molar-refractivity contribution in [3.05, 3.63) is 65.1 Å². The first kappa shape index (κ1) is 15.1. The third-order valence-corrected chi connectivity index (χ3v) is 5.36. The van der Waals surface area contributed by atoms with E-state index in [-0.39, 0.29) is 11.8 Å². The van der Waals surface area contributed by atoms with E-state index in [2.05, 4.69) is 28.7 Å². The number of fused-ring (bicyclic) bond motifs is 1. The van der Waals surface area contributed by atoms with Crippen molar-refractivity contribution in [1.82, 2.24) is 14.5 Å². The van der Waals surface area contributed by atoms with Gasteiger partial charge in [0.2, 0.25) is 5.91 Å². The van der Waals surface area contributed by atoms with Crippen molar-refractivity contribution >= 4 is 28.3 Å². The molecule has 3 heterocycles. The first-order chi connectivity index (χ1) is 11.8. The number of carbonyl (C=O) groups is 1. The van der Waals surface area contributed by atoms with Gasteiger partial charge in [0.1, 0.15) is 5.82 Å². The van der Waals surface area contributed by atoms with Gasteiger partial charge in [0.05, 0.1) is 17.6 Å². The van der Waals surface area contributed by atoms with Gasteiger partial charge in [0.15, 0.2) is 0 Å². The fourth-order valence-electron chi connectivity index (χ4n) is 3.42. The number of nitrogens with zero attached hydrogens (tertiary/aromatic N) is 3. The van der Waals surface area contributed by atoms with Crippen LogP contribution in [0.1, 0.15) is 23.0 Å². The van der Waals surface area contributed by atoms with Crippen LogP contribution in [0.5, 0.6) is 0 Å². The molecule has 0 saturated carbocycles. The van der Waals surface area contributed by atoms with E-state index in [0.717, 1.165) is 23.4 Å². The monoisotopic (exact) mass is 337 g/mol. The molecule has 3 aromatic rings. The van der Waals surface area contributed by atoms with Crippen LogP contribution < -0.4 is 0 Å². The lowest BCUT2D eigenvalue weighted by atomic mass is 10.1. The zero-order valence-electron chi connectivity index (χ0n) is 13.4. The molecule has 4 rings (SSSR count). The van der Waals surface area contributed by atoms with Crippen LogP contribution in [0.25, 0.3) is 11.0 Å². The van der Waals surface area contributed by atoms with Gasteiger partial charge in [-0.3, -0.25) is 4.79 Å². The minimum absolute atomic E-state index is 0.143. The average molecular weight is 337 g/mol. The highest BCUT2D eigenvalue weighted by Crippen LogP contribution is 2.31. The Balaban J connectivity index is 1.64. The topological polar surface area (TPSA) is 38.1 Å². The van der Waals surface area contributed by atoms with E-state index in [1.54, 1.807) is 11.3 Å². The van der Waals surface area contributed by atoms with Crippen LogP contribution in [0.15, 0.2) is 54.4 Å². The molecule has 0 radical (unpaired) electrons. The third kappa shape index (κ3) is 2.65. The number of hydrogen-bond donors (Lipinski definition) is 0. The number of hydrogen-bond acceptors (Lipinski definition) is 3. The summed E-state index contributed by atoms with van der Waals surface area (Å²) in [5.74, 6) is 1.36. The fourth-order valence-corrected chi connectivity index (χ4v) is 4.13. The van der Waals surface area contributed by atoms with Gasteiger partial charge >= 0.3 is 0 Å². The van der Waals surface area contributed by atoms with Crippen LogP contribution in [-0.4, -0.2) is 26.9 Å². The van der Waals surface area contributed by atoms with Gasteiger partial charge in [0.25, 0.3) is 0 Å². The van der Waals surface area contributed by atoms with Crippen molar-refractivity contribution in [2.24, 2.45) is 0 Å². The van der Waals surface area contributed by atoms with Gasteiger partial charge in [-0.25, -0.2) is 4.98 Å². The standard InChI is InChI=1S/C19H19N3OS/c1-2-9-22-17-8-4-3-7-16(17)20-19(22)14-11-18(23)21(12-14)13-15-6-5-10-24-15/h2-8,10,14H,1,9,11-13H2/t14-/m0/s1. The van der Waals surface area contributed by atoms with E-state index in [1.165, 1.54) is 4.88 Å². The Morgan fingerprint density at radius 2 is 2.17 bits per heavy atom. The molecule has 0 bridgehead atoms. The molecular weight excluding hydrogens is 318 g/mol. The van der Waals surface area contributed by atoms with E-state index < -0.39 is 0 Å². The predicted octanol–water partition coefficient (Wildman–Crippen LogP) is 3.80. The van der Waals surface area contributed by atoms with Crippen LogP contribution in [0, 0.1) is 0 Å². The number of aromatic nitrogens is 2. The number of carbonyl (C=O) groups excluding carboxylic acids is 1. The summed E-state index contributed by atoms with van der Waals surface area (Å²) >= 11 is 1.70. The Bertz CT molecular complexity index is 881. The molecule has 122 valence electrons. The number of amides is 1. The molecule has 1 amide bonds. The number of imidazole rings is 1. The molecule has 1 aliphatic rings. The largest absolute Gasteiger partial charge is 0.337 e. The average Bonchev–Trinajstić information content (AvgIpc) is 3.29. The van der Waals surface area contributed by atoms with E-state index in [9.17, 15) is 4.79 Å². The van der Waals surface area contributed by atoms with Gasteiger partial charge in [-0.05, 0) is 23.6 Å². The van der Waals surface area contributed by atoms with Crippen molar-refractivity contribution in [1.29, 1.82) is 0 Å². The van der Waals surface area contributed by atoms with Gasteiger partial charge < -0.3 is 9.47 Å². The second-order valence-electron chi connectivity index (χ2n) is 6.11. The summed E-state index contributed by atoms with van der Waals surface area (Å²) in [5, 5.41) is 2.05. The van der Waals surface area contributed by atoms with E-state index in [4.69, 9.17) is 4.98 Å². The first-order valence-electron chi connectivity index (χ1n) is 8.12. The van der Waals surface area contributed by atoms with Crippen LogP contribution in [0.3, 0.4) is 0 Å². The fraction of sp³-hybridized carbons (Fsp3) is 0.263. The Morgan fingerprint density at radius 1 is 1.29 bits per heavy atom. The third-order valence-electron chi connectivity index (χ3n) is 4.50. The number of allylic oxidation sites excluding steroid dienone is 1. The Hall–Kier alpha value is -2.40. The molecule has 0 spiro atoms. The first-order valence-corrected chi connectivity index (χ1v) is 9.00. The van der Waals surface area contributed by atoms with E-state index in [1.807, 2.05) is 35.2 Å². The molecule has 1 fully saturated rings. The Morgan fingerprint density at radius 3 is 2.96 bits per heavy atom. The smallest absolute Gasteiger partial charge is 0.223 e. The normalized spacial score (nSPS) is 17.8. The summed E-state index contributed by atoms with van der Waals surface area (Å²) in [7, 11) is 0. The quantitative estimate of drug-likeness (QED) is 0.664. The minimum Gasteiger partial charge on any atom is -0.337 e. The summed E-state index contributed by atoms with van der Waals surface area (Å²) < 4.78 is 2.19. The Kier molecular flexibility index (Phi) is 3.94. The number of para-hydroxylation sites is 2. The lowest BCUT2D eigenvalue weighted by Crippen LogP contribution is -2.24. The number of benzene rings is 1. The van der Waals surface area contributed by atoms with Crippen molar-refractivity contribution < 1.29 is 4.79 Å². The number of thiophene rings is 1. The van der Waals surface area contributed by atoms with Crippen LogP contribution in [0.2, 0.25) is 0 Å². The highest BCUT2D eigenvalue weighted by Gasteiger charge is 2.33. The summed E-state index contributed by atoms with van der Waals surface area (Å²) in [5.41, 5.74) is 2.09. The molecule has 0 aliphatic carbocycles. The molecule has 4 nitrogen and oxygen atoms in total. The molecular formula is C19H19N3OS. The highest BCUT2D eigenvalue weighted by atomic mass is 32.1. The SMILES string of the molecule is C=CCn1c([C@H]2CC(=O)N(Cc3cccs3)C2)nc2ccccc21. The molecule has 1 aliphatic heterocycles. The van der Waals surface area contributed by atoms with Crippen LogP contribution in [-0.2, 0) is 17.9 Å². The summed E-state index contributed by atoms with van der Waals surface area (Å²) in [6.45, 7) is 6.02. The lowest BCUT2D eigenvalue weighted by molar-refractivity contribution is -0.128. The number of likely N-dealkylation sites (tertiary alicyclic amines) is 1. The predicted molar refractivity (Wildman–Crippen MR) is 97.0 cm³/mol. The Labute approximate surface area is 145 Å². The molecule has 24 heavy (non-hydrogen) atoms. The summed E-state index contributed by atoms with van der Waals surface area (Å²) in [6, 6.07) is 12.2. The molecule has 2 aromatic heterocycles. The molecule has 0 N–H and O–H groups in total. The summed E-state index contributed by atoms with van der Waals surface area (Å²) in [4.78, 5) is 20.4. The van der Waals surface area contributed by atoms with Gasteiger partial charge in [-0.1, -0.05) is 24.3 Å². The van der Waals surface area contributed by atoms with Crippen molar-refractivity contribution in [3.8, 4) is 0 Å². The molecule has 1 saturated heterocycles. The molecule has 1 atom stereocenters.